The largest absolute Gasteiger partial charge is 0.379 e. The molecule has 1 aromatic carbocycles. The number of thioether (sulfide) groups is 1. The highest BCUT2D eigenvalue weighted by Crippen LogP contribution is 2.29. The molecule has 1 aliphatic rings. The molecule has 1 aliphatic heterocycles. The monoisotopic (exact) mass is 259 g/mol. The molecule has 1 N–H and O–H groups in total. The molecule has 2 atom stereocenters. The normalized spacial score (nSPS) is 25.4. The number of benzene rings is 1. The lowest BCUT2D eigenvalue weighted by molar-refractivity contribution is 0.596. The molecule has 0 aliphatic carbocycles. The molecule has 4 heteroatoms. The molecule has 0 bridgehead atoms. The molecule has 1 fully saturated rings. The van der Waals surface area contributed by atoms with Crippen molar-refractivity contribution in [1.82, 2.24) is 0 Å². The minimum absolute atomic E-state index is 0.229. The Morgan fingerprint density at radius 1 is 1.50 bits per heavy atom. The maximum absolute atomic E-state index is 13.5. The van der Waals surface area contributed by atoms with E-state index in [1.807, 2.05) is 11.8 Å². The molecular weight excluding hydrogens is 245 g/mol. The summed E-state index contributed by atoms with van der Waals surface area (Å²) in [5.74, 6) is 0.976. The summed E-state index contributed by atoms with van der Waals surface area (Å²) in [5.41, 5.74) is 0.520. The van der Waals surface area contributed by atoms with Crippen molar-refractivity contribution in [3.8, 4) is 0 Å². The molecule has 1 aromatic rings. The summed E-state index contributed by atoms with van der Waals surface area (Å²) in [7, 11) is 0. The lowest BCUT2D eigenvalue weighted by Crippen LogP contribution is -2.33. The fourth-order valence-electron chi connectivity index (χ4n) is 1.92. The fourth-order valence-corrected chi connectivity index (χ4v) is 3.23. The van der Waals surface area contributed by atoms with Crippen LogP contribution in [0.3, 0.4) is 0 Å². The van der Waals surface area contributed by atoms with Gasteiger partial charge in [-0.1, -0.05) is 18.5 Å². The van der Waals surface area contributed by atoms with E-state index in [1.165, 1.54) is 18.2 Å². The smallest absolute Gasteiger partial charge is 0.146 e. The third kappa shape index (κ3) is 2.83. The Morgan fingerprint density at radius 3 is 3.06 bits per heavy atom. The van der Waals surface area contributed by atoms with Gasteiger partial charge in [0, 0.05) is 16.3 Å². The van der Waals surface area contributed by atoms with Crippen molar-refractivity contribution in [2.45, 2.75) is 31.1 Å². The molecule has 1 saturated heterocycles. The predicted molar refractivity (Wildman–Crippen MR) is 70.0 cm³/mol. The molecular formula is C12H15ClFNS. The molecule has 2 rings (SSSR count). The van der Waals surface area contributed by atoms with Gasteiger partial charge in [0.25, 0.3) is 0 Å². The topological polar surface area (TPSA) is 12.0 Å². The van der Waals surface area contributed by atoms with Gasteiger partial charge in [-0.25, -0.2) is 4.39 Å². The Balaban J connectivity index is 2.10. The summed E-state index contributed by atoms with van der Waals surface area (Å²) < 4.78 is 13.5. The maximum atomic E-state index is 13.5. The van der Waals surface area contributed by atoms with Gasteiger partial charge in [-0.2, -0.15) is 11.8 Å². The highest BCUT2D eigenvalue weighted by atomic mass is 35.5. The molecule has 0 saturated carbocycles. The van der Waals surface area contributed by atoms with Crippen LogP contribution in [0.5, 0.6) is 0 Å². The number of rotatable bonds is 2. The zero-order valence-electron chi connectivity index (χ0n) is 9.17. The molecule has 88 valence electrons. The van der Waals surface area contributed by atoms with Crippen LogP contribution in [-0.2, 0) is 0 Å². The average molecular weight is 260 g/mol. The minimum Gasteiger partial charge on any atom is -0.379 e. The second-order valence-electron chi connectivity index (χ2n) is 4.09. The number of nitrogens with one attached hydrogen (secondary N) is 1. The Bertz CT molecular complexity index is 372. The van der Waals surface area contributed by atoms with E-state index in [1.54, 1.807) is 12.1 Å². The van der Waals surface area contributed by atoms with Crippen molar-refractivity contribution in [1.29, 1.82) is 0 Å². The van der Waals surface area contributed by atoms with Gasteiger partial charge in [-0.15, -0.1) is 0 Å². The van der Waals surface area contributed by atoms with Crippen LogP contribution in [0.25, 0.3) is 0 Å². The summed E-state index contributed by atoms with van der Waals surface area (Å²) in [5, 5.41) is 4.35. The zero-order chi connectivity index (χ0) is 11.5. The average Bonchev–Trinajstić information content (AvgIpc) is 2.27. The predicted octanol–water partition coefficient (Wildman–Crippen LogP) is 4.18. The molecule has 0 aromatic heterocycles. The second-order valence-corrected chi connectivity index (χ2v) is 6.01. The highest BCUT2D eigenvalue weighted by Gasteiger charge is 2.22. The van der Waals surface area contributed by atoms with E-state index < -0.39 is 0 Å². The first-order chi connectivity index (χ1) is 7.66. The van der Waals surface area contributed by atoms with Gasteiger partial charge in [-0.3, -0.25) is 0 Å². The van der Waals surface area contributed by atoms with E-state index in [0.29, 0.717) is 22.0 Å². The van der Waals surface area contributed by atoms with E-state index in [4.69, 9.17) is 11.6 Å². The van der Waals surface area contributed by atoms with Crippen molar-refractivity contribution in [3.05, 3.63) is 29.0 Å². The Hall–Kier alpha value is -0.410. The van der Waals surface area contributed by atoms with Gasteiger partial charge in [0.05, 0.1) is 5.69 Å². The van der Waals surface area contributed by atoms with Crippen molar-refractivity contribution in [2.24, 2.45) is 0 Å². The standard InChI is InChI=1S/C12H15ClFNS/c1-8-11(3-2-6-16-8)15-12-7-9(13)4-5-10(12)14/h4-5,7-8,11,15H,2-3,6H2,1H3. The third-order valence-electron chi connectivity index (χ3n) is 2.88. The summed E-state index contributed by atoms with van der Waals surface area (Å²) in [6.45, 7) is 2.18. The zero-order valence-corrected chi connectivity index (χ0v) is 10.7. The van der Waals surface area contributed by atoms with Crippen molar-refractivity contribution >= 4 is 29.1 Å². The fraction of sp³-hybridized carbons (Fsp3) is 0.500. The van der Waals surface area contributed by atoms with Crippen LogP contribution in [0.4, 0.5) is 10.1 Å². The quantitative estimate of drug-likeness (QED) is 0.855. The van der Waals surface area contributed by atoms with E-state index in [0.717, 1.165) is 6.42 Å². The van der Waals surface area contributed by atoms with E-state index in [-0.39, 0.29) is 5.82 Å². The van der Waals surface area contributed by atoms with Gasteiger partial charge in [0.15, 0.2) is 0 Å². The van der Waals surface area contributed by atoms with E-state index in [2.05, 4.69) is 12.2 Å². The molecule has 0 spiro atoms. The van der Waals surface area contributed by atoms with Crippen LogP contribution >= 0.6 is 23.4 Å². The van der Waals surface area contributed by atoms with Crippen molar-refractivity contribution in [2.75, 3.05) is 11.1 Å². The second kappa shape index (κ2) is 5.28. The van der Waals surface area contributed by atoms with Gasteiger partial charge in [0.2, 0.25) is 0 Å². The molecule has 2 unspecified atom stereocenters. The molecule has 1 nitrogen and oxygen atoms in total. The van der Waals surface area contributed by atoms with Crippen LogP contribution in [0, 0.1) is 5.82 Å². The van der Waals surface area contributed by atoms with E-state index in [9.17, 15) is 4.39 Å². The summed E-state index contributed by atoms with van der Waals surface area (Å²) in [4.78, 5) is 0. The minimum atomic E-state index is -0.229. The molecule has 0 amide bonds. The Labute approximate surface area is 105 Å². The van der Waals surface area contributed by atoms with Gasteiger partial charge in [-0.05, 0) is 36.8 Å². The van der Waals surface area contributed by atoms with Crippen LogP contribution in [0.15, 0.2) is 18.2 Å². The Kier molecular flexibility index (Phi) is 3.98. The molecule has 1 heterocycles. The van der Waals surface area contributed by atoms with E-state index >= 15 is 0 Å². The number of hydrogen-bond donors (Lipinski definition) is 1. The number of hydrogen-bond acceptors (Lipinski definition) is 2. The molecule has 16 heavy (non-hydrogen) atoms. The van der Waals surface area contributed by atoms with Crippen LogP contribution in [0.2, 0.25) is 5.02 Å². The van der Waals surface area contributed by atoms with Crippen molar-refractivity contribution in [3.63, 3.8) is 0 Å². The Morgan fingerprint density at radius 2 is 2.31 bits per heavy atom. The summed E-state index contributed by atoms with van der Waals surface area (Å²) >= 11 is 7.80. The first kappa shape index (κ1) is 12.1. The highest BCUT2D eigenvalue weighted by molar-refractivity contribution is 8.00. The SMILES string of the molecule is CC1SCCCC1Nc1cc(Cl)ccc1F. The van der Waals surface area contributed by atoms with Gasteiger partial charge < -0.3 is 5.32 Å². The third-order valence-corrected chi connectivity index (χ3v) is 4.49. The first-order valence-corrected chi connectivity index (χ1v) is 6.92. The van der Waals surface area contributed by atoms with Crippen molar-refractivity contribution < 1.29 is 4.39 Å². The maximum Gasteiger partial charge on any atom is 0.146 e. The van der Waals surface area contributed by atoms with Gasteiger partial charge >= 0.3 is 0 Å². The lowest BCUT2D eigenvalue weighted by atomic mass is 10.1. The summed E-state index contributed by atoms with van der Waals surface area (Å²) in [6, 6.07) is 4.97. The molecule has 0 radical (unpaired) electrons. The van der Waals surface area contributed by atoms with Crippen LogP contribution in [0.1, 0.15) is 19.8 Å². The van der Waals surface area contributed by atoms with Crippen LogP contribution < -0.4 is 5.32 Å². The van der Waals surface area contributed by atoms with Gasteiger partial charge in [0.1, 0.15) is 5.82 Å². The van der Waals surface area contributed by atoms with Crippen LogP contribution in [-0.4, -0.2) is 17.0 Å². The summed E-state index contributed by atoms with van der Waals surface area (Å²) in [6.07, 6.45) is 2.29. The number of anilines is 1. The lowest BCUT2D eigenvalue weighted by Gasteiger charge is -2.30. The first-order valence-electron chi connectivity index (χ1n) is 5.50. The number of halogens is 2.